The lowest BCUT2D eigenvalue weighted by atomic mass is 9.85. The van der Waals surface area contributed by atoms with E-state index in [2.05, 4.69) is 21.3 Å². The number of urea groups is 1. The lowest BCUT2D eigenvalue weighted by Gasteiger charge is -2.32. The molecular formula is C43H67N9O12S. The summed E-state index contributed by atoms with van der Waals surface area (Å²) in [5, 5.41) is 39.5. The molecule has 1 aromatic rings. The number of thioether (sulfide) groups is 1. The standard InChI is InChI=1S/C43H67N9O12S/c1-5-29(2)33(41(62)44-11-12-52-37(55)22-30(3)42(52)63)23-35(53)34(10-21-65-4)47-43(64)46-32-8-6-31(7-9-32)24-45-36(54)25-48-13-15-49(26-38(56)57)17-19-51(28-40(60)61)20-18-50(16-14-48)27-39(58)59/h6-9,29-30,33-34H,5,10-28H2,1-4H3,(H,44,62)(H,45,54)(H,56,57)(H,58,59)(H,60,61)(H2,46,47,64)/t29-,30?,33-,34-/m0/s1. The number of carboxylic acids is 3. The smallest absolute Gasteiger partial charge is 0.319 e. The summed E-state index contributed by atoms with van der Waals surface area (Å²) < 4.78 is 0. The van der Waals surface area contributed by atoms with E-state index in [1.54, 1.807) is 45.9 Å². The van der Waals surface area contributed by atoms with Gasteiger partial charge in [-0.2, -0.15) is 11.8 Å². The Labute approximate surface area is 384 Å². The Morgan fingerprint density at radius 1 is 0.769 bits per heavy atom. The third-order valence-corrected chi connectivity index (χ3v) is 12.2. The molecule has 2 heterocycles. The predicted octanol–water partition coefficient (Wildman–Crippen LogP) is 0.154. The Hall–Kier alpha value is -5.16. The number of carboxylic acid groups (broad SMARTS) is 3. The number of imide groups is 1. The number of anilines is 1. The van der Waals surface area contributed by atoms with Crippen LogP contribution in [0.15, 0.2) is 24.3 Å². The van der Waals surface area contributed by atoms with E-state index in [9.17, 15) is 58.5 Å². The van der Waals surface area contributed by atoms with Crippen LogP contribution in [0.4, 0.5) is 10.5 Å². The topological polar surface area (TPSA) is 279 Å². The van der Waals surface area contributed by atoms with E-state index in [1.165, 1.54) is 11.8 Å². The third kappa shape index (κ3) is 19.9. The number of Topliss-reactive ketones (excluding diaryl/α,β-unsaturated/α-hetero) is 1. The van der Waals surface area contributed by atoms with Crippen LogP contribution in [0.1, 0.15) is 52.0 Å². The molecule has 1 aromatic carbocycles. The van der Waals surface area contributed by atoms with E-state index >= 15 is 0 Å². The molecule has 2 fully saturated rings. The second-order valence-corrected chi connectivity index (χ2v) is 17.6. The van der Waals surface area contributed by atoms with Crippen molar-refractivity contribution in [1.82, 2.24) is 40.4 Å². The van der Waals surface area contributed by atoms with Crippen molar-refractivity contribution < 1.29 is 58.5 Å². The molecule has 1 unspecified atom stereocenters. The van der Waals surface area contributed by atoms with Crippen molar-refractivity contribution in [2.45, 2.75) is 59.0 Å². The number of aliphatic carboxylic acids is 3. The molecule has 22 heteroatoms. The van der Waals surface area contributed by atoms with E-state index in [4.69, 9.17) is 0 Å². The van der Waals surface area contributed by atoms with Crippen LogP contribution in [0.2, 0.25) is 0 Å². The number of hydrogen-bond acceptors (Lipinski definition) is 14. The first-order valence-electron chi connectivity index (χ1n) is 22.0. The molecule has 0 radical (unpaired) electrons. The number of amides is 6. The van der Waals surface area contributed by atoms with Crippen LogP contribution in [0.25, 0.3) is 0 Å². The molecule has 2 aliphatic rings. The number of carbonyl (C=O) groups excluding carboxylic acids is 6. The van der Waals surface area contributed by atoms with Gasteiger partial charge in [-0.15, -0.1) is 0 Å². The summed E-state index contributed by atoms with van der Waals surface area (Å²) in [4.78, 5) is 120. The fourth-order valence-electron chi connectivity index (χ4n) is 7.53. The highest BCUT2D eigenvalue weighted by Crippen LogP contribution is 2.22. The van der Waals surface area contributed by atoms with Crippen molar-refractivity contribution in [2.24, 2.45) is 17.8 Å². The zero-order valence-corrected chi connectivity index (χ0v) is 38.7. The van der Waals surface area contributed by atoms with Gasteiger partial charge in [-0.05, 0) is 42.0 Å². The van der Waals surface area contributed by atoms with Crippen LogP contribution in [0.3, 0.4) is 0 Å². The zero-order valence-electron chi connectivity index (χ0n) is 37.9. The van der Waals surface area contributed by atoms with Gasteiger partial charge in [-0.3, -0.25) is 62.9 Å². The molecule has 3 rings (SSSR count). The molecule has 21 nitrogen and oxygen atoms in total. The highest BCUT2D eigenvalue weighted by molar-refractivity contribution is 7.98. The number of nitrogens with zero attached hydrogens (tertiary/aromatic N) is 5. The van der Waals surface area contributed by atoms with Crippen molar-refractivity contribution in [2.75, 3.05) is 109 Å². The second kappa shape index (κ2) is 28.0. The van der Waals surface area contributed by atoms with Crippen molar-refractivity contribution >= 4 is 70.8 Å². The Morgan fingerprint density at radius 3 is 1.72 bits per heavy atom. The van der Waals surface area contributed by atoms with Gasteiger partial charge >= 0.3 is 23.9 Å². The minimum absolute atomic E-state index is 0.0472. The van der Waals surface area contributed by atoms with Gasteiger partial charge < -0.3 is 36.6 Å². The van der Waals surface area contributed by atoms with Gasteiger partial charge in [0.05, 0.1) is 32.2 Å². The van der Waals surface area contributed by atoms with E-state index in [1.807, 2.05) is 25.0 Å². The maximum atomic E-state index is 13.7. The number of nitrogens with one attached hydrogen (secondary N) is 4. The molecule has 65 heavy (non-hydrogen) atoms. The molecule has 7 N–H and O–H groups in total. The first kappa shape index (κ1) is 54.2. The SMILES string of the molecule is CC[C@H](C)[C@H](CC(=O)[C@H](CCSC)NC(=O)Nc1ccc(CNC(=O)CN2CCN(CC(=O)O)CCN(CC(=O)O)CCN(CC(=O)O)CC2)cc1)C(=O)NCCN1C(=O)CC(C)C1=O. The predicted molar refractivity (Wildman–Crippen MR) is 242 cm³/mol. The van der Waals surface area contributed by atoms with Crippen LogP contribution in [0, 0.1) is 17.8 Å². The summed E-state index contributed by atoms with van der Waals surface area (Å²) in [5.41, 5.74) is 1.15. The van der Waals surface area contributed by atoms with Gasteiger partial charge in [0.1, 0.15) is 0 Å². The lowest BCUT2D eigenvalue weighted by molar-refractivity contribution is -0.140. The Balaban J connectivity index is 1.56. The van der Waals surface area contributed by atoms with Gasteiger partial charge in [-0.1, -0.05) is 39.3 Å². The van der Waals surface area contributed by atoms with Crippen LogP contribution >= 0.6 is 11.8 Å². The maximum absolute atomic E-state index is 13.7. The third-order valence-electron chi connectivity index (χ3n) is 11.6. The van der Waals surface area contributed by atoms with Gasteiger partial charge in [-0.25, -0.2) is 4.79 Å². The molecule has 6 amide bonds. The molecule has 0 aliphatic carbocycles. The number of likely N-dealkylation sites (tertiary alicyclic amines) is 1. The molecular weight excluding hydrogens is 867 g/mol. The zero-order chi connectivity index (χ0) is 48.1. The lowest BCUT2D eigenvalue weighted by Crippen LogP contribution is -2.49. The van der Waals surface area contributed by atoms with Gasteiger partial charge in [0.2, 0.25) is 23.6 Å². The Kier molecular flexibility index (Phi) is 23.3. The number of ketones is 1. The number of carbonyl (C=O) groups is 9. The van der Waals surface area contributed by atoms with Crippen LogP contribution in [0.5, 0.6) is 0 Å². The number of benzene rings is 1. The second-order valence-electron chi connectivity index (χ2n) is 16.6. The normalized spacial score (nSPS) is 18.7. The molecule has 362 valence electrons. The molecule has 2 saturated heterocycles. The fraction of sp³-hybridized carbons (Fsp3) is 0.651. The summed E-state index contributed by atoms with van der Waals surface area (Å²) in [6.45, 7) is 7.08. The van der Waals surface area contributed by atoms with Crippen LogP contribution < -0.4 is 21.3 Å². The van der Waals surface area contributed by atoms with Crippen molar-refractivity contribution in [3.8, 4) is 0 Å². The summed E-state index contributed by atoms with van der Waals surface area (Å²) in [6.07, 6.45) is 2.87. The Bertz CT molecular complexity index is 1770. The monoisotopic (exact) mass is 933 g/mol. The summed E-state index contributed by atoms with van der Waals surface area (Å²) in [5.74, 6) is -5.32. The molecule has 0 bridgehead atoms. The van der Waals surface area contributed by atoms with Crippen molar-refractivity contribution in [1.29, 1.82) is 0 Å². The largest absolute Gasteiger partial charge is 0.480 e. The highest BCUT2D eigenvalue weighted by Gasteiger charge is 2.36. The average Bonchev–Trinajstić information content (AvgIpc) is 3.49. The summed E-state index contributed by atoms with van der Waals surface area (Å²) >= 11 is 1.51. The van der Waals surface area contributed by atoms with Gasteiger partial charge in [0, 0.05) is 102 Å². The minimum atomic E-state index is -1.05. The quantitative estimate of drug-likeness (QED) is 0.0680. The average molecular weight is 934 g/mol. The fourth-order valence-corrected chi connectivity index (χ4v) is 8.00. The van der Waals surface area contributed by atoms with Gasteiger partial charge in [0.25, 0.3) is 0 Å². The highest BCUT2D eigenvalue weighted by atomic mass is 32.2. The number of rotatable bonds is 24. The Morgan fingerprint density at radius 2 is 1.28 bits per heavy atom. The van der Waals surface area contributed by atoms with Crippen LogP contribution in [-0.2, 0) is 44.9 Å². The van der Waals surface area contributed by atoms with Crippen molar-refractivity contribution in [3.63, 3.8) is 0 Å². The van der Waals surface area contributed by atoms with E-state index in [0.29, 0.717) is 37.4 Å². The maximum Gasteiger partial charge on any atom is 0.319 e. The first-order chi connectivity index (χ1) is 30.9. The van der Waals surface area contributed by atoms with E-state index < -0.39 is 35.9 Å². The number of hydrogen-bond donors (Lipinski definition) is 7. The van der Waals surface area contributed by atoms with Crippen LogP contribution in [-0.4, -0.2) is 203 Å². The molecule has 2 aliphatic heterocycles. The first-order valence-corrected chi connectivity index (χ1v) is 23.4. The summed E-state index contributed by atoms with van der Waals surface area (Å²) in [6, 6.07) is 5.24. The van der Waals surface area contributed by atoms with E-state index in [0.717, 1.165) is 10.5 Å². The van der Waals surface area contributed by atoms with Gasteiger partial charge in [0.15, 0.2) is 5.78 Å². The van der Waals surface area contributed by atoms with E-state index in [-0.39, 0.29) is 139 Å². The molecule has 4 atom stereocenters. The van der Waals surface area contributed by atoms with Crippen molar-refractivity contribution in [3.05, 3.63) is 29.8 Å². The minimum Gasteiger partial charge on any atom is -0.480 e. The summed E-state index contributed by atoms with van der Waals surface area (Å²) in [7, 11) is 0. The molecule has 0 aromatic heterocycles. The molecule has 0 saturated carbocycles. The molecule has 0 spiro atoms.